The van der Waals surface area contributed by atoms with Gasteiger partial charge in [-0.15, -0.1) is 0 Å². The van der Waals surface area contributed by atoms with Gasteiger partial charge in [0, 0.05) is 13.0 Å². The second-order valence-corrected chi connectivity index (χ2v) is 4.87. The Morgan fingerprint density at radius 3 is 3.00 bits per heavy atom. The molecule has 0 spiro atoms. The van der Waals surface area contributed by atoms with Gasteiger partial charge in [-0.25, -0.2) is 0 Å². The lowest BCUT2D eigenvalue weighted by molar-refractivity contribution is 0.357. The first kappa shape index (κ1) is 12.6. The molecule has 0 aromatic heterocycles. The van der Waals surface area contributed by atoms with Crippen LogP contribution >= 0.6 is 0 Å². The summed E-state index contributed by atoms with van der Waals surface area (Å²) in [6.07, 6.45) is 1.95. The quantitative estimate of drug-likeness (QED) is 0.922. The summed E-state index contributed by atoms with van der Waals surface area (Å²) in [6.45, 7) is 1.62. The lowest BCUT2D eigenvalue weighted by Gasteiger charge is -2.08. The number of hydrogen-bond donors (Lipinski definition) is 1. The van der Waals surface area contributed by atoms with E-state index < -0.39 is 0 Å². The molecule has 1 N–H and O–H groups in total. The second kappa shape index (κ2) is 5.66. The molecule has 3 nitrogen and oxygen atoms in total. The minimum atomic E-state index is 0.690. The Balaban J connectivity index is 1.62. The summed E-state index contributed by atoms with van der Waals surface area (Å²) in [7, 11) is 0. The number of nitrogens with zero attached hydrogens (tertiary/aromatic N) is 1. The van der Waals surface area contributed by atoms with E-state index in [9.17, 15) is 0 Å². The molecule has 1 heterocycles. The average Bonchev–Trinajstić information content (AvgIpc) is 2.95. The Kier molecular flexibility index (Phi) is 3.56. The Hall–Kier alpha value is -2.47. The third-order valence-corrected chi connectivity index (χ3v) is 3.53. The van der Waals surface area contributed by atoms with Crippen molar-refractivity contribution in [2.24, 2.45) is 0 Å². The zero-order valence-electron chi connectivity index (χ0n) is 11.2. The molecule has 0 saturated carbocycles. The highest BCUT2D eigenvalue weighted by Gasteiger charge is 2.11. The molecule has 3 rings (SSSR count). The van der Waals surface area contributed by atoms with Crippen LogP contribution in [0.1, 0.15) is 16.7 Å². The summed E-state index contributed by atoms with van der Waals surface area (Å²) < 4.78 is 5.51. The van der Waals surface area contributed by atoms with E-state index in [1.54, 1.807) is 0 Å². The monoisotopic (exact) mass is 264 g/mol. The first-order chi connectivity index (χ1) is 9.86. The van der Waals surface area contributed by atoms with Crippen molar-refractivity contribution in [2.45, 2.75) is 12.8 Å². The van der Waals surface area contributed by atoms with Gasteiger partial charge in [-0.2, -0.15) is 5.26 Å². The molecule has 20 heavy (non-hydrogen) atoms. The number of rotatable bonds is 4. The first-order valence-electron chi connectivity index (χ1n) is 6.84. The molecule has 0 aliphatic carbocycles. The van der Waals surface area contributed by atoms with E-state index in [4.69, 9.17) is 10.00 Å². The van der Waals surface area contributed by atoms with Crippen molar-refractivity contribution in [1.29, 1.82) is 5.26 Å². The van der Waals surface area contributed by atoms with Crippen molar-refractivity contribution in [2.75, 3.05) is 18.5 Å². The van der Waals surface area contributed by atoms with E-state index in [0.717, 1.165) is 37.4 Å². The van der Waals surface area contributed by atoms with E-state index >= 15 is 0 Å². The van der Waals surface area contributed by atoms with Crippen LogP contribution in [0.25, 0.3) is 0 Å². The molecule has 3 heteroatoms. The SMILES string of the molecule is N#Cc1ccccc1NCCc1ccc2c(c1)CCO2. The summed E-state index contributed by atoms with van der Waals surface area (Å²) >= 11 is 0. The van der Waals surface area contributed by atoms with Crippen LogP contribution < -0.4 is 10.1 Å². The number of para-hydroxylation sites is 1. The fourth-order valence-corrected chi connectivity index (χ4v) is 2.47. The normalized spacial score (nSPS) is 12.3. The number of hydrogen-bond acceptors (Lipinski definition) is 3. The molecule has 0 atom stereocenters. The third-order valence-electron chi connectivity index (χ3n) is 3.53. The highest BCUT2D eigenvalue weighted by molar-refractivity contribution is 5.57. The molecular formula is C17H16N2O. The molecule has 0 bridgehead atoms. The van der Waals surface area contributed by atoms with Crippen LogP contribution in [0.3, 0.4) is 0 Å². The third kappa shape index (κ3) is 2.60. The number of fused-ring (bicyclic) bond motifs is 1. The summed E-state index contributed by atoms with van der Waals surface area (Å²) in [5.41, 5.74) is 4.20. The standard InChI is InChI=1S/C17H16N2O/c18-12-15-3-1-2-4-16(15)19-9-7-13-5-6-17-14(11-13)8-10-20-17/h1-6,11,19H,7-10H2. The van der Waals surface area contributed by atoms with Crippen molar-refractivity contribution in [3.8, 4) is 11.8 Å². The number of ether oxygens (including phenoxy) is 1. The van der Waals surface area contributed by atoms with Crippen LogP contribution in [0.5, 0.6) is 5.75 Å². The molecule has 100 valence electrons. The van der Waals surface area contributed by atoms with Gasteiger partial charge in [0.15, 0.2) is 0 Å². The molecule has 2 aromatic carbocycles. The van der Waals surface area contributed by atoms with Crippen LogP contribution in [0.2, 0.25) is 0 Å². The summed E-state index contributed by atoms with van der Waals surface area (Å²) in [5, 5.41) is 12.4. The Bertz CT molecular complexity index is 658. The fourth-order valence-electron chi connectivity index (χ4n) is 2.47. The summed E-state index contributed by atoms with van der Waals surface area (Å²) in [4.78, 5) is 0. The number of benzene rings is 2. The van der Waals surface area contributed by atoms with Crippen molar-refractivity contribution in [1.82, 2.24) is 0 Å². The van der Waals surface area contributed by atoms with Gasteiger partial charge >= 0.3 is 0 Å². The van der Waals surface area contributed by atoms with Crippen LogP contribution in [0.15, 0.2) is 42.5 Å². The molecule has 1 aliphatic rings. The number of anilines is 1. The Morgan fingerprint density at radius 1 is 1.20 bits per heavy atom. The van der Waals surface area contributed by atoms with Gasteiger partial charge in [0.2, 0.25) is 0 Å². The van der Waals surface area contributed by atoms with Gasteiger partial charge < -0.3 is 10.1 Å². The van der Waals surface area contributed by atoms with E-state index in [1.165, 1.54) is 11.1 Å². The lowest BCUT2D eigenvalue weighted by Crippen LogP contribution is -2.06. The maximum Gasteiger partial charge on any atom is 0.122 e. The molecule has 0 radical (unpaired) electrons. The molecule has 0 fully saturated rings. The minimum absolute atomic E-state index is 0.690. The van der Waals surface area contributed by atoms with Crippen LogP contribution in [-0.2, 0) is 12.8 Å². The van der Waals surface area contributed by atoms with E-state index in [0.29, 0.717) is 5.56 Å². The maximum absolute atomic E-state index is 9.04. The van der Waals surface area contributed by atoms with Gasteiger partial charge in [0.05, 0.1) is 17.9 Å². The van der Waals surface area contributed by atoms with Gasteiger partial charge in [0.25, 0.3) is 0 Å². The van der Waals surface area contributed by atoms with Gasteiger partial charge in [0.1, 0.15) is 11.8 Å². The highest BCUT2D eigenvalue weighted by atomic mass is 16.5. The molecule has 0 unspecified atom stereocenters. The average molecular weight is 264 g/mol. The topological polar surface area (TPSA) is 45.0 Å². The van der Waals surface area contributed by atoms with Gasteiger partial charge in [-0.1, -0.05) is 24.3 Å². The molecule has 0 amide bonds. The first-order valence-corrected chi connectivity index (χ1v) is 6.84. The van der Waals surface area contributed by atoms with Gasteiger partial charge in [-0.05, 0) is 35.7 Å². The number of nitrogens with one attached hydrogen (secondary N) is 1. The zero-order valence-corrected chi connectivity index (χ0v) is 11.2. The molecule has 2 aromatic rings. The molecular weight excluding hydrogens is 248 g/mol. The summed E-state index contributed by atoms with van der Waals surface area (Å²) in [6, 6.07) is 16.2. The van der Waals surface area contributed by atoms with Crippen molar-refractivity contribution >= 4 is 5.69 Å². The van der Waals surface area contributed by atoms with E-state index in [-0.39, 0.29) is 0 Å². The second-order valence-electron chi connectivity index (χ2n) is 4.87. The Labute approximate surface area is 118 Å². The predicted molar refractivity (Wildman–Crippen MR) is 79.0 cm³/mol. The van der Waals surface area contributed by atoms with Crippen molar-refractivity contribution in [3.63, 3.8) is 0 Å². The van der Waals surface area contributed by atoms with E-state index in [1.807, 2.05) is 24.3 Å². The van der Waals surface area contributed by atoms with Crippen molar-refractivity contribution < 1.29 is 4.74 Å². The largest absolute Gasteiger partial charge is 0.493 e. The van der Waals surface area contributed by atoms with Crippen molar-refractivity contribution in [3.05, 3.63) is 59.2 Å². The fraction of sp³-hybridized carbons (Fsp3) is 0.235. The lowest BCUT2D eigenvalue weighted by atomic mass is 10.1. The molecule has 0 saturated heterocycles. The Morgan fingerprint density at radius 2 is 2.10 bits per heavy atom. The minimum Gasteiger partial charge on any atom is -0.493 e. The zero-order chi connectivity index (χ0) is 13.8. The molecule has 1 aliphatic heterocycles. The highest BCUT2D eigenvalue weighted by Crippen LogP contribution is 2.26. The van der Waals surface area contributed by atoms with Crippen LogP contribution in [0, 0.1) is 11.3 Å². The van der Waals surface area contributed by atoms with Crippen LogP contribution in [0.4, 0.5) is 5.69 Å². The number of nitriles is 1. The maximum atomic E-state index is 9.04. The smallest absolute Gasteiger partial charge is 0.122 e. The van der Waals surface area contributed by atoms with Crippen LogP contribution in [-0.4, -0.2) is 13.2 Å². The van der Waals surface area contributed by atoms with Gasteiger partial charge in [-0.3, -0.25) is 0 Å². The van der Waals surface area contributed by atoms with E-state index in [2.05, 4.69) is 29.6 Å². The predicted octanol–water partition coefficient (Wildman–Crippen LogP) is 3.15. The summed E-state index contributed by atoms with van der Waals surface area (Å²) in [5.74, 6) is 1.02.